The number of nitriles is 1. The Balaban J connectivity index is 1.87. The fourth-order valence-corrected chi connectivity index (χ4v) is 2.18. The summed E-state index contributed by atoms with van der Waals surface area (Å²) in [6.07, 6.45) is 1.46. The zero-order valence-electron chi connectivity index (χ0n) is 12.3. The van der Waals surface area contributed by atoms with Crippen LogP contribution in [0.1, 0.15) is 5.56 Å². The Kier molecular flexibility index (Phi) is 5.95. The van der Waals surface area contributed by atoms with Crippen molar-refractivity contribution < 1.29 is 14.6 Å². The number of carbonyl (C=O) groups excluding carboxylic acids is 1. The molecule has 1 fully saturated rings. The molecule has 6 nitrogen and oxygen atoms in total. The van der Waals surface area contributed by atoms with Crippen molar-refractivity contribution in [3.63, 3.8) is 0 Å². The van der Waals surface area contributed by atoms with Crippen molar-refractivity contribution in [3.8, 4) is 11.8 Å². The zero-order valence-corrected chi connectivity index (χ0v) is 12.3. The molecule has 1 amide bonds. The summed E-state index contributed by atoms with van der Waals surface area (Å²) < 4.78 is 5.26. The van der Waals surface area contributed by atoms with Gasteiger partial charge in [-0.3, -0.25) is 9.69 Å². The van der Waals surface area contributed by atoms with E-state index in [1.54, 1.807) is 12.1 Å². The number of rotatable bonds is 5. The van der Waals surface area contributed by atoms with Gasteiger partial charge in [-0.1, -0.05) is 12.1 Å². The molecule has 0 radical (unpaired) electrons. The summed E-state index contributed by atoms with van der Waals surface area (Å²) in [7, 11) is 0. The maximum Gasteiger partial charge on any atom is 0.261 e. The van der Waals surface area contributed by atoms with Gasteiger partial charge >= 0.3 is 0 Å². The minimum atomic E-state index is -0.404. The van der Waals surface area contributed by atoms with E-state index < -0.39 is 5.91 Å². The van der Waals surface area contributed by atoms with E-state index in [-0.39, 0.29) is 11.3 Å². The quantitative estimate of drug-likeness (QED) is 0.619. The molecule has 0 aliphatic carbocycles. The third-order valence-corrected chi connectivity index (χ3v) is 3.36. The van der Waals surface area contributed by atoms with Crippen molar-refractivity contribution in [1.29, 1.82) is 5.26 Å². The predicted molar refractivity (Wildman–Crippen MR) is 82.0 cm³/mol. The highest BCUT2D eigenvalue weighted by atomic mass is 16.5. The molecule has 22 heavy (non-hydrogen) atoms. The lowest BCUT2D eigenvalue weighted by Crippen LogP contribution is -2.41. The van der Waals surface area contributed by atoms with Gasteiger partial charge in [-0.15, -0.1) is 0 Å². The van der Waals surface area contributed by atoms with Crippen LogP contribution in [0.25, 0.3) is 6.08 Å². The van der Waals surface area contributed by atoms with Gasteiger partial charge in [-0.05, 0) is 23.8 Å². The number of carbonyl (C=O) groups is 1. The van der Waals surface area contributed by atoms with Crippen LogP contribution in [0, 0.1) is 11.3 Å². The average Bonchev–Trinajstić information content (AvgIpc) is 2.53. The summed E-state index contributed by atoms with van der Waals surface area (Å²) >= 11 is 0. The first-order valence-electron chi connectivity index (χ1n) is 7.18. The topological polar surface area (TPSA) is 85.6 Å². The number of phenols is 1. The number of hydrogen-bond acceptors (Lipinski definition) is 5. The normalized spacial score (nSPS) is 16.0. The van der Waals surface area contributed by atoms with Crippen LogP contribution in [0.4, 0.5) is 0 Å². The summed E-state index contributed by atoms with van der Waals surface area (Å²) in [4.78, 5) is 14.2. The summed E-state index contributed by atoms with van der Waals surface area (Å²) in [5.41, 5.74) is 0.632. The summed E-state index contributed by atoms with van der Waals surface area (Å²) in [5.74, 6) is -0.308. The van der Waals surface area contributed by atoms with E-state index in [0.29, 0.717) is 12.1 Å². The molecule has 0 unspecified atom stereocenters. The second-order valence-corrected chi connectivity index (χ2v) is 4.97. The van der Waals surface area contributed by atoms with Crippen LogP contribution in [-0.4, -0.2) is 55.3 Å². The Hall–Kier alpha value is -2.36. The van der Waals surface area contributed by atoms with Crippen molar-refractivity contribution in [2.45, 2.75) is 0 Å². The highest BCUT2D eigenvalue weighted by Gasteiger charge is 2.12. The lowest BCUT2D eigenvalue weighted by atomic mass is 10.1. The van der Waals surface area contributed by atoms with Crippen LogP contribution in [0.2, 0.25) is 0 Å². The Bertz CT molecular complexity index is 587. The van der Waals surface area contributed by atoms with Crippen LogP contribution in [-0.2, 0) is 9.53 Å². The molecule has 0 atom stereocenters. The van der Waals surface area contributed by atoms with Gasteiger partial charge in [0, 0.05) is 26.2 Å². The highest BCUT2D eigenvalue weighted by Crippen LogP contribution is 2.14. The van der Waals surface area contributed by atoms with Gasteiger partial charge in [0.2, 0.25) is 0 Å². The number of nitrogens with zero attached hydrogens (tertiary/aromatic N) is 2. The van der Waals surface area contributed by atoms with E-state index >= 15 is 0 Å². The molecule has 1 aromatic carbocycles. The summed E-state index contributed by atoms with van der Waals surface area (Å²) in [6.45, 7) is 4.38. The minimum absolute atomic E-state index is 0.0209. The number of nitrogens with one attached hydrogen (secondary N) is 1. The molecule has 1 heterocycles. The molecule has 2 rings (SSSR count). The van der Waals surface area contributed by atoms with Gasteiger partial charge in [-0.2, -0.15) is 5.26 Å². The first-order valence-corrected chi connectivity index (χ1v) is 7.18. The average molecular weight is 301 g/mol. The Labute approximate surface area is 129 Å². The minimum Gasteiger partial charge on any atom is -0.508 e. The molecule has 1 saturated heterocycles. The molecule has 116 valence electrons. The Morgan fingerprint density at radius 2 is 2.23 bits per heavy atom. The van der Waals surface area contributed by atoms with Crippen LogP contribution in [0.5, 0.6) is 5.75 Å². The number of hydrogen-bond donors (Lipinski definition) is 2. The summed E-state index contributed by atoms with van der Waals surface area (Å²) in [5, 5.41) is 21.2. The maximum absolute atomic E-state index is 12.0. The molecule has 2 N–H and O–H groups in total. The Morgan fingerprint density at radius 3 is 2.91 bits per heavy atom. The van der Waals surface area contributed by atoms with Crippen LogP contribution in [0.15, 0.2) is 29.8 Å². The number of aromatic hydroxyl groups is 1. The monoisotopic (exact) mass is 301 g/mol. The molecule has 1 aromatic rings. The molecule has 0 aromatic heterocycles. The van der Waals surface area contributed by atoms with Gasteiger partial charge in [0.15, 0.2) is 0 Å². The van der Waals surface area contributed by atoms with Gasteiger partial charge in [-0.25, -0.2) is 0 Å². The Morgan fingerprint density at radius 1 is 1.45 bits per heavy atom. The number of benzene rings is 1. The molecule has 0 bridgehead atoms. The van der Waals surface area contributed by atoms with Crippen molar-refractivity contribution in [2.75, 3.05) is 39.4 Å². The zero-order chi connectivity index (χ0) is 15.8. The second kappa shape index (κ2) is 8.17. The SMILES string of the molecule is N#C/C(=C\c1cccc(O)c1)C(=O)NCCN1CCOCC1. The van der Waals surface area contributed by atoms with E-state index in [1.807, 2.05) is 6.07 Å². The van der Waals surface area contributed by atoms with Crippen molar-refractivity contribution in [1.82, 2.24) is 10.2 Å². The molecular weight excluding hydrogens is 282 g/mol. The van der Waals surface area contributed by atoms with E-state index in [4.69, 9.17) is 10.00 Å². The number of amides is 1. The van der Waals surface area contributed by atoms with Crippen LogP contribution < -0.4 is 5.32 Å². The number of ether oxygens (including phenoxy) is 1. The predicted octanol–water partition coefficient (Wildman–Crippen LogP) is 0.748. The van der Waals surface area contributed by atoms with E-state index in [9.17, 15) is 9.90 Å². The van der Waals surface area contributed by atoms with Crippen molar-refractivity contribution in [2.24, 2.45) is 0 Å². The largest absolute Gasteiger partial charge is 0.508 e. The summed E-state index contributed by atoms with van der Waals surface area (Å²) in [6, 6.07) is 8.30. The van der Waals surface area contributed by atoms with E-state index in [1.165, 1.54) is 18.2 Å². The molecule has 0 spiro atoms. The smallest absolute Gasteiger partial charge is 0.261 e. The lowest BCUT2D eigenvalue weighted by Gasteiger charge is -2.26. The van der Waals surface area contributed by atoms with Crippen LogP contribution >= 0.6 is 0 Å². The van der Waals surface area contributed by atoms with Gasteiger partial charge in [0.1, 0.15) is 17.4 Å². The van der Waals surface area contributed by atoms with E-state index in [2.05, 4.69) is 10.2 Å². The van der Waals surface area contributed by atoms with Crippen molar-refractivity contribution >= 4 is 12.0 Å². The fraction of sp³-hybridized carbons (Fsp3) is 0.375. The molecule has 6 heteroatoms. The molecule has 1 aliphatic rings. The highest BCUT2D eigenvalue weighted by molar-refractivity contribution is 6.01. The maximum atomic E-state index is 12.0. The molecule has 1 aliphatic heterocycles. The molecule has 0 saturated carbocycles. The molecular formula is C16H19N3O3. The third-order valence-electron chi connectivity index (χ3n) is 3.36. The third kappa shape index (κ3) is 4.88. The standard InChI is InChI=1S/C16H19N3O3/c17-12-14(10-13-2-1-3-15(20)11-13)16(21)18-4-5-19-6-8-22-9-7-19/h1-3,10-11,20H,4-9H2,(H,18,21)/b14-10+. The van der Waals surface area contributed by atoms with Gasteiger partial charge < -0.3 is 15.2 Å². The first kappa shape index (κ1) is 16.0. The fourth-order valence-electron chi connectivity index (χ4n) is 2.18. The van der Waals surface area contributed by atoms with Gasteiger partial charge in [0.05, 0.1) is 13.2 Å². The van der Waals surface area contributed by atoms with E-state index in [0.717, 1.165) is 32.8 Å². The van der Waals surface area contributed by atoms with Crippen LogP contribution in [0.3, 0.4) is 0 Å². The number of morpholine rings is 1. The lowest BCUT2D eigenvalue weighted by molar-refractivity contribution is -0.117. The second-order valence-electron chi connectivity index (χ2n) is 4.97. The first-order chi connectivity index (χ1) is 10.7. The van der Waals surface area contributed by atoms with Gasteiger partial charge in [0.25, 0.3) is 5.91 Å². The number of phenolic OH excluding ortho intramolecular Hbond substituents is 1. The van der Waals surface area contributed by atoms with Crippen molar-refractivity contribution in [3.05, 3.63) is 35.4 Å².